The van der Waals surface area contributed by atoms with Gasteiger partial charge in [0.1, 0.15) is 5.82 Å². The molecule has 6 heteroatoms. The third-order valence-electron chi connectivity index (χ3n) is 2.64. The largest absolute Gasteiger partial charge is 0.348 e. The molecule has 1 heterocycles. The van der Waals surface area contributed by atoms with Crippen molar-refractivity contribution >= 4 is 5.91 Å². The molecule has 1 aromatic carbocycles. The third kappa shape index (κ3) is 2.95. The van der Waals surface area contributed by atoms with Gasteiger partial charge in [-0.15, -0.1) is 0 Å². The van der Waals surface area contributed by atoms with E-state index in [1.165, 1.54) is 24.4 Å². The van der Waals surface area contributed by atoms with Gasteiger partial charge in [0.25, 0.3) is 5.91 Å². The second-order valence-electron chi connectivity index (χ2n) is 3.96. The van der Waals surface area contributed by atoms with Crippen LogP contribution < -0.4 is 5.32 Å². The molecule has 0 unspecified atom stereocenters. The summed E-state index contributed by atoms with van der Waals surface area (Å²) in [4.78, 5) is 15.3. The van der Waals surface area contributed by atoms with Gasteiger partial charge in [0, 0.05) is 18.3 Å². The molecule has 4 nitrogen and oxygen atoms in total. The fraction of sp³-hybridized carbons (Fsp3) is 0.0714. The first kappa shape index (κ1) is 13.6. The highest BCUT2D eigenvalue weighted by Gasteiger charge is 2.12. The zero-order valence-corrected chi connectivity index (χ0v) is 10.2. The monoisotopic (exact) mass is 273 g/mol. The highest BCUT2D eigenvalue weighted by atomic mass is 19.1. The molecule has 0 saturated carbocycles. The number of hydrogen-bond donors (Lipinski definition) is 1. The Hall–Kier alpha value is -2.81. The Morgan fingerprint density at radius 1 is 1.30 bits per heavy atom. The maximum atomic E-state index is 13.6. The minimum Gasteiger partial charge on any atom is -0.348 e. The van der Waals surface area contributed by atoms with Crippen LogP contribution in [0.2, 0.25) is 0 Å². The number of nitrogens with zero attached hydrogens (tertiary/aromatic N) is 2. The van der Waals surface area contributed by atoms with Gasteiger partial charge in [0.15, 0.2) is 5.82 Å². The van der Waals surface area contributed by atoms with Crippen molar-refractivity contribution in [3.63, 3.8) is 0 Å². The number of carbonyl (C=O) groups is 1. The van der Waals surface area contributed by atoms with Gasteiger partial charge in [0.2, 0.25) is 0 Å². The van der Waals surface area contributed by atoms with Gasteiger partial charge >= 0.3 is 0 Å². The van der Waals surface area contributed by atoms with Gasteiger partial charge in [0.05, 0.1) is 23.4 Å². The molecule has 0 spiro atoms. The molecule has 0 fully saturated rings. The predicted molar refractivity (Wildman–Crippen MR) is 66.5 cm³/mol. The van der Waals surface area contributed by atoms with Crippen molar-refractivity contribution in [2.75, 3.05) is 0 Å². The first-order chi connectivity index (χ1) is 9.61. The van der Waals surface area contributed by atoms with E-state index in [4.69, 9.17) is 5.26 Å². The molecule has 0 atom stereocenters. The Kier molecular flexibility index (Phi) is 4.01. The summed E-state index contributed by atoms with van der Waals surface area (Å²) in [6.07, 6.45) is 2.22. The van der Waals surface area contributed by atoms with E-state index in [0.717, 1.165) is 12.3 Å². The van der Waals surface area contributed by atoms with Crippen molar-refractivity contribution in [3.8, 4) is 6.07 Å². The number of nitrogens with one attached hydrogen (secondary N) is 1. The van der Waals surface area contributed by atoms with Crippen LogP contribution in [0.1, 0.15) is 21.5 Å². The van der Waals surface area contributed by atoms with Crippen LogP contribution in [0.3, 0.4) is 0 Å². The Labute approximate surface area is 113 Å². The summed E-state index contributed by atoms with van der Waals surface area (Å²) in [7, 11) is 0. The lowest BCUT2D eigenvalue weighted by Crippen LogP contribution is -2.24. The van der Waals surface area contributed by atoms with Crippen molar-refractivity contribution < 1.29 is 13.6 Å². The molecule has 0 aliphatic carbocycles. The van der Waals surface area contributed by atoms with Crippen LogP contribution in [-0.4, -0.2) is 10.9 Å². The molecule has 2 aromatic rings. The highest BCUT2D eigenvalue weighted by Crippen LogP contribution is 2.10. The summed E-state index contributed by atoms with van der Waals surface area (Å²) < 4.78 is 26.9. The van der Waals surface area contributed by atoms with Gasteiger partial charge in [-0.2, -0.15) is 5.26 Å². The Morgan fingerprint density at radius 2 is 2.10 bits per heavy atom. The number of carbonyl (C=O) groups excluding carboxylic acids is 1. The number of benzene rings is 1. The molecule has 0 aliphatic heterocycles. The smallest absolute Gasteiger partial charge is 0.254 e. The second kappa shape index (κ2) is 5.89. The summed E-state index contributed by atoms with van der Waals surface area (Å²) in [5.74, 6) is -2.00. The van der Waals surface area contributed by atoms with E-state index in [1.807, 2.05) is 6.07 Å². The minimum absolute atomic E-state index is 0.0991. The molecule has 1 aromatic heterocycles. The van der Waals surface area contributed by atoms with Crippen molar-refractivity contribution in [1.82, 2.24) is 10.3 Å². The average molecular weight is 273 g/mol. The SMILES string of the molecule is N#Cc1ccc(CNC(=O)c2ccncc2F)c(F)c1. The van der Waals surface area contributed by atoms with Crippen LogP contribution in [0.4, 0.5) is 8.78 Å². The normalized spacial score (nSPS) is 9.85. The first-order valence-electron chi connectivity index (χ1n) is 5.68. The molecular formula is C14H9F2N3O. The van der Waals surface area contributed by atoms with E-state index in [2.05, 4.69) is 10.3 Å². The lowest BCUT2D eigenvalue weighted by Gasteiger charge is -2.07. The summed E-state index contributed by atoms with van der Waals surface area (Å²) in [5.41, 5.74) is 0.249. The van der Waals surface area contributed by atoms with Gasteiger partial charge < -0.3 is 5.32 Å². The number of aromatic nitrogens is 1. The molecule has 1 amide bonds. The predicted octanol–water partition coefficient (Wildman–Crippen LogP) is 2.16. The van der Waals surface area contributed by atoms with E-state index in [0.29, 0.717) is 0 Å². The zero-order chi connectivity index (χ0) is 14.5. The number of halogens is 2. The maximum absolute atomic E-state index is 13.6. The van der Waals surface area contributed by atoms with E-state index < -0.39 is 17.5 Å². The topological polar surface area (TPSA) is 65.8 Å². The van der Waals surface area contributed by atoms with E-state index >= 15 is 0 Å². The molecule has 20 heavy (non-hydrogen) atoms. The minimum atomic E-state index is -0.745. The van der Waals surface area contributed by atoms with E-state index in [9.17, 15) is 13.6 Å². The summed E-state index contributed by atoms with van der Waals surface area (Å²) in [6, 6.07) is 6.97. The van der Waals surface area contributed by atoms with Crippen LogP contribution in [0, 0.1) is 23.0 Å². The summed E-state index contributed by atoms with van der Waals surface area (Å²) >= 11 is 0. The van der Waals surface area contributed by atoms with Gasteiger partial charge in [-0.1, -0.05) is 6.07 Å². The van der Waals surface area contributed by atoms with Crippen molar-refractivity contribution in [1.29, 1.82) is 5.26 Å². The fourth-order valence-electron chi connectivity index (χ4n) is 1.59. The van der Waals surface area contributed by atoms with E-state index in [1.54, 1.807) is 0 Å². The van der Waals surface area contributed by atoms with Gasteiger partial charge in [-0.05, 0) is 18.2 Å². The van der Waals surface area contributed by atoms with Gasteiger partial charge in [-0.3, -0.25) is 9.78 Å². The molecule has 0 saturated heterocycles. The molecule has 1 N–H and O–H groups in total. The van der Waals surface area contributed by atoms with Gasteiger partial charge in [-0.25, -0.2) is 8.78 Å². The zero-order valence-electron chi connectivity index (χ0n) is 10.2. The molecule has 0 aliphatic rings. The molecule has 0 radical (unpaired) electrons. The molecule has 0 bridgehead atoms. The van der Waals surface area contributed by atoms with Crippen LogP contribution in [0.5, 0.6) is 0 Å². The number of pyridine rings is 1. The fourth-order valence-corrected chi connectivity index (χ4v) is 1.59. The maximum Gasteiger partial charge on any atom is 0.254 e. The van der Waals surface area contributed by atoms with Crippen LogP contribution in [0.15, 0.2) is 36.7 Å². The number of amides is 1. The average Bonchev–Trinajstić information content (AvgIpc) is 2.46. The Morgan fingerprint density at radius 3 is 2.75 bits per heavy atom. The number of nitriles is 1. The third-order valence-corrected chi connectivity index (χ3v) is 2.64. The molecular weight excluding hydrogens is 264 g/mol. The van der Waals surface area contributed by atoms with Crippen molar-refractivity contribution in [3.05, 3.63) is 65.0 Å². The quantitative estimate of drug-likeness (QED) is 0.931. The highest BCUT2D eigenvalue weighted by molar-refractivity contribution is 5.94. The van der Waals surface area contributed by atoms with Crippen LogP contribution >= 0.6 is 0 Å². The Bertz CT molecular complexity index is 695. The van der Waals surface area contributed by atoms with Crippen LogP contribution in [-0.2, 0) is 6.54 Å². The molecule has 2 rings (SSSR count). The van der Waals surface area contributed by atoms with Crippen molar-refractivity contribution in [2.24, 2.45) is 0 Å². The number of rotatable bonds is 3. The first-order valence-corrected chi connectivity index (χ1v) is 5.68. The van der Waals surface area contributed by atoms with Crippen molar-refractivity contribution in [2.45, 2.75) is 6.54 Å². The number of hydrogen-bond acceptors (Lipinski definition) is 3. The second-order valence-corrected chi connectivity index (χ2v) is 3.96. The molecule has 100 valence electrons. The lowest BCUT2D eigenvalue weighted by molar-refractivity contribution is 0.0946. The standard InChI is InChI=1S/C14H9F2N3O/c15-12-5-9(6-17)1-2-10(12)7-19-14(20)11-3-4-18-8-13(11)16/h1-5,8H,7H2,(H,19,20). The summed E-state index contributed by atoms with van der Waals surface area (Å²) in [6.45, 7) is -0.0991. The summed E-state index contributed by atoms with van der Waals surface area (Å²) in [5, 5.41) is 11.0. The Balaban J connectivity index is 2.08. The van der Waals surface area contributed by atoms with Crippen LogP contribution in [0.25, 0.3) is 0 Å². The van der Waals surface area contributed by atoms with E-state index in [-0.39, 0.29) is 23.2 Å². The lowest BCUT2D eigenvalue weighted by atomic mass is 10.1.